The van der Waals surface area contributed by atoms with E-state index in [0.29, 0.717) is 11.8 Å². The summed E-state index contributed by atoms with van der Waals surface area (Å²) >= 11 is 0. The molecular formula is C59H50N2. The zero-order chi connectivity index (χ0) is 40.7. The molecule has 0 amide bonds. The number of para-hydroxylation sites is 3. The van der Waals surface area contributed by atoms with Crippen LogP contribution in [0.3, 0.4) is 0 Å². The lowest BCUT2D eigenvalue weighted by molar-refractivity contribution is 0.177. The molecule has 0 N–H and O–H groups in total. The molecule has 1 saturated carbocycles. The molecule has 61 heavy (non-hydrogen) atoms. The Balaban J connectivity index is 1.11. The predicted octanol–water partition coefficient (Wildman–Crippen LogP) is 15.4. The SMILES string of the molecule is CC1(C)c2ccccc2-c2ccc(N(c3ccccc3)c3cccc4c3C35c6c(cccc6N(c6ccccc6)c6ccccc6-c6ccccc6)CC3CCCC5C4)cc21. The maximum atomic E-state index is 2.61. The number of fused-ring (bicyclic) bond motifs is 5. The second-order valence-electron chi connectivity index (χ2n) is 18.4. The molecule has 2 nitrogen and oxygen atoms in total. The molecule has 1 fully saturated rings. The number of hydrogen-bond acceptors (Lipinski definition) is 2. The van der Waals surface area contributed by atoms with Crippen LogP contribution < -0.4 is 9.80 Å². The molecule has 4 aliphatic rings. The minimum atomic E-state index is -0.149. The van der Waals surface area contributed by atoms with Gasteiger partial charge in [0.2, 0.25) is 0 Å². The summed E-state index contributed by atoms with van der Waals surface area (Å²) in [7, 11) is 0. The van der Waals surface area contributed by atoms with Gasteiger partial charge in [-0.1, -0.05) is 160 Å². The average Bonchev–Trinajstić information content (AvgIpc) is 3.92. The summed E-state index contributed by atoms with van der Waals surface area (Å²) < 4.78 is 0. The summed E-state index contributed by atoms with van der Waals surface area (Å²) in [5.74, 6) is 1.02. The van der Waals surface area contributed by atoms with E-state index in [1.807, 2.05) is 0 Å². The van der Waals surface area contributed by atoms with Crippen molar-refractivity contribution in [2.45, 2.75) is 56.8 Å². The van der Waals surface area contributed by atoms with Gasteiger partial charge in [-0.05, 0) is 142 Å². The van der Waals surface area contributed by atoms with E-state index in [1.165, 1.54) is 97.9 Å². The highest BCUT2D eigenvalue weighted by Crippen LogP contribution is 2.67. The van der Waals surface area contributed by atoms with Gasteiger partial charge < -0.3 is 9.80 Å². The standard InChI is InChI=1S/C59H50N2/c1-58(2)51-31-14-12-30-49(51)50-36-35-47(39-52(50)58)60(45-25-8-4-9-26-45)54-33-16-21-41-37-43-23-18-24-44-38-42-22-17-34-55(57(42)59(43,44)56(41)54)61(46-27-10-5-11-28-46)53-32-15-13-29-48(53)40-19-6-3-7-20-40/h3-17,19-22,25-36,39,43-44H,18,23-24,37-38H2,1-2H3. The van der Waals surface area contributed by atoms with E-state index < -0.39 is 0 Å². The van der Waals surface area contributed by atoms with Crippen LogP contribution in [0.25, 0.3) is 22.3 Å². The van der Waals surface area contributed by atoms with Gasteiger partial charge in [0.05, 0.1) is 17.1 Å². The van der Waals surface area contributed by atoms with Crippen LogP contribution in [0.4, 0.5) is 34.1 Å². The van der Waals surface area contributed by atoms with Gasteiger partial charge in [0.15, 0.2) is 0 Å². The Morgan fingerprint density at radius 3 is 1.57 bits per heavy atom. The normalized spacial score (nSPS) is 19.8. The zero-order valence-corrected chi connectivity index (χ0v) is 35.1. The van der Waals surface area contributed by atoms with Crippen molar-refractivity contribution in [1.29, 1.82) is 0 Å². The summed E-state index contributed by atoms with van der Waals surface area (Å²) in [5.41, 5.74) is 21.3. The highest BCUT2D eigenvalue weighted by atomic mass is 15.2. The topological polar surface area (TPSA) is 6.48 Å². The highest BCUT2D eigenvalue weighted by molar-refractivity contribution is 5.92. The van der Waals surface area contributed by atoms with Gasteiger partial charge in [0.25, 0.3) is 0 Å². The van der Waals surface area contributed by atoms with E-state index in [9.17, 15) is 0 Å². The molecular weight excluding hydrogens is 737 g/mol. The lowest BCUT2D eigenvalue weighted by atomic mass is 9.58. The molecule has 8 aromatic carbocycles. The van der Waals surface area contributed by atoms with Crippen LogP contribution in [-0.4, -0.2) is 0 Å². The third-order valence-electron chi connectivity index (χ3n) is 15.0. The Morgan fingerprint density at radius 1 is 0.410 bits per heavy atom. The van der Waals surface area contributed by atoms with Gasteiger partial charge in [0, 0.05) is 33.5 Å². The Labute approximate surface area is 360 Å². The number of hydrogen-bond donors (Lipinski definition) is 0. The zero-order valence-electron chi connectivity index (χ0n) is 35.1. The average molecular weight is 787 g/mol. The van der Waals surface area contributed by atoms with Gasteiger partial charge in [-0.25, -0.2) is 0 Å². The number of anilines is 6. The monoisotopic (exact) mass is 786 g/mol. The number of rotatable bonds is 7. The Morgan fingerprint density at radius 2 is 0.918 bits per heavy atom. The fourth-order valence-corrected chi connectivity index (χ4v) is 12.6. The van der Waals surface area contributed by atoms with Crippen LogP contribution in [0.1, 0.15) is 66.5 Å². The van der Waals surface area contributed by atoms with Gasteiger partial charge in [-0.2, -0.15) is 0 Å². The van der Waals surface area contributed by atoms with Crippen LogP contribution in [-0.2, 0) is 23.7 Å². The summed E-state index contributed by atoms with van der Waals surface area (Å²) in [6.45, 7) is 4.80. The van der Waals surface area contributed by atoms with Crippen molar-refractivity contribution in [3.8, 4) is 22.3 Å². The minimum absolute atomic E-state index is 0.0998. The van der Waals surface area contributed by atoms with Crippen LogP contribution in [0.5, 0.6) is 0 Å². The molecule has 0 radical (unpaired) electrons. The van der Waals surface area contributed by atoms with Crippen molar-refractivity contribution in [3.63, 3.8) is 0 Å². The van der Waals surface area contributed by atoms with Crippen LogP contribution in [0.15, 0.2) is 194 Å². The largest absolute Gasteiger partial charge is 0.310 e. The molecule has 0 heterocycles. The molecule has 0 saturated heterocycles. The van der Waals surface area contributed by atoms with Crippen LogP contribution >= 0.6 is 0 Å². The van der Waals surface area contributed by atoms with Gasteiger partial charge >= 0.3 is 0 Å². The molecule has 0 aliphatic heterocycles. The Kier molecular flexibility index (Phi) is 8.29. The maximum Gasteiger partial charge on any atom is 0.0540 e. The van der Waals surface area contributed by atoms with E-state index in [0.717, 1.165) is 12.8 Å². The molecule has 3 atom stereocenters. The van der Waals surface area contributed by atoms with E-state index >= 15 is 0 Å². The first-order chi connectivity index (χ1) is 30.0. The Hall–Kier alpha value is -6.64. The van der Waals surface area contributed by atoms with Crippen LogP contribution in [0, 0.1) is 11.8 Å². The third kappa shape index (κ3) is 5.34. The lowest BCUT2D eigenvalue weighted by Crippen LogP contribution is -2.42. The molecule has 2 heteroatoms. The van der Waals surface area contributed by atoms with Gasteiger partial charge in [0.1, 0.15) is 0 Å². The first-order valence-corrected chi connectivity index (χ1v) is 22.4. The molecule has 3 unspecified atom stereocenters. The van der Waals surface area contributed by atoms with Crippen LogP contribution in [0.2, 0.25) is 0 Å². The first-order valence-electron chi connectivity index (χ1n) is 22.4. The van der Waals surface area contributed by atoms with E-state index in [1.54, 1.807) is 11.1 Å². The van der Waals surface area contributed by atoms with E-state index in [4.69, 9.17) is 0 Å². The Bertz CT molecular complexity index is 2940. The third-order valence-corrected chi connectivity index (χ3v) is 15.0. The molecule has 4 aliphatic carbocycles. The number of nitrogens with zero attached hydrogens (tertiary/aromatic N) is 2. The van der Waals surface area contributed by atoms with Gasteiger partial charge in [-0.15, -0.1) is 0 Å². The molecule has 0 bridgehead atoms. The number of benzene rings is 8. The fourth-order valence-electron chi connectivity index (χ4n) is 12.6. The van der Waals surface area contributed by atoms with Crippen molar-refractivity contribution in [2.75, 3.05) is 9.80 Å². The minimum Gasteiger partial charge on any atom is -0.310 e. The van der Waals surface area contributed by atoms with Crippen molar-refractivity contribution in [1.82, 2.24) is 0 Å². The fraction of sp³-hybridized carbons (Fsp3) is 0.186. The molecule has 8 aromatic rings. The summed E-state index contributed by atoms with van der Waals surface area (Å²) in [6, 6.07) is 73.0. The quantitative estimate of drug-likeness (QED) is 0.159. The van der Waals surface area contributed by atoms with Crippen molar-refractivity contribution in [2.24, 2.45) is 11.8 Å². The van der Waals surface area contributed by atoms with Crippen molar-refractivity contribution in [3.05, 3.63) is 228 Å². The smallest absolute Gasteiger partial charge is 0.0540 e. The second kappa shape index (κ2) is 14.0. The van der Waals surface area contributed by atoms with Crippen molar-refractivity contribution >= 4 is 34.1 Å². The van der Waals surface area contributed by atoms with Crippen molar-refractivity contribution < 1.29 is 0 Å². The molecule has 0 aromatic heterocycles. The highest BCUT2D eigenvalue weighted by Gasteiger charge is 2.60. The van der Waals surface area contributed by atoms with Gasteiger partial charge in [-0.3, -0.25) is 0 Å². The van der Waals surface area contributed by atoms with E-state index in [2.05, 4.69) is 218 Å². The molecule has 296 valence electrons. The lowest BCUT2D eigenvalue weighted by Gasteiger charge is -2.46. The molecule has 1 spiro atoms. The predicted molar refractivity (Wildman–Crippen MR) is 254 cm³/mol. The summed E-state index contributed by atoms with van der Waals surface area (Å²) in [5, 5.41) is 0. The van der Waals surface area contributed by atoms with E-state index in [-0.39, 0.29) is 10.8 Å². The summed E-state index contributed by atoms with van der Waals surface area (Å²) in [4.78, 5) is 5.21. The first kappa shape index (κ1) is 36.2. The molecule has 12 rings (SSSR count). The summed E-state index contributed by atoms with van der Waals surface area (Å²) in [6.07, 6.45) is 5.97. The maximum absolute atomic E-state index is 2.61. The second-order valence-corrected chi connectivity index (χ2v) is 18.4.